The van der Waals surface area contributed by atoms with E-state index in [0.29, 0.717) is 5.75 Å². The number of ether oxygens (including phenoxy) is 1. The lowest BCUT2D eigenvalue weighted by Crippen LogP contribution is -2.21. The van der Waals surface area contributed by atoms with Crippen LogP contribution >= 0.6 is 11.6 Å². The molecule has 1 heterocycles. The fourth-order valence-corrected chi connectivity index (χ4v) is 2.18. The molecule has 1 aromatic carbocycles. The molecule has 0 aliphatic rings. The number of aromatic nitrogens is 2. The molecule has 4 nitrogen and oxygen atoms in total. The minimum absolute atomic E-state index is 0.107. The number of aryl methyl sites for hydroxylation is 1. The minimum atomic E-state index is -0.444. The Balaban J connectivity index is 2.49. The van der Waals surface area contributed by atoms with Gasteiger partial charge in [0.05, 0.1) is 24.4 Å². The van der Waals surface area contributed by atoms with Gasteiger partial charge in [0, 0.05) is 7.05 Å². The van der Waals surface area contributed by atoms with E-state index in [1.54, 1.807) is 37.2 Å². The molecule has 2 aromatic rings. The van der Waals surface area contributed by atoms with Crippen molar-refractivity contribution in [3.63, 3.8) is 0 Å². The summed E-state index contributed by atoms with van der Waals surface area (Å²) in [6.07, 6.45) is 1.63. The van der Waals surface area contributed by atoms with Crippen molar-refractivity contribution in [3.05, 3.63) is 46.5 Å². The van der Waals surface area contributed by atoms with E-state index >= 15 is 0 Å². The quantitative estimate of drug-likeness (QED) is 0.937. The fraction of sp³-hybridized carbons (Fsp3) is 0.308. The third-order valence-corrected chi connectivity index (χ3v) is 3.31. The summed E-state index contributed by atoms with van der Waals surface area (Å²) < 4.78 is 20.6. The van der Waals surface area contributed by atoms with Crippen LogP contribution in [0, 0.1) is 5.82 Å². The number of benzene rings is 1. The molecule has 0 amide bonds. The molecule has 0 aliphatic carbocycles. The van der Waals surface area contributed by atoms with Crippen LogP contribution in [0.15, 0.2) is 24.4 Å². The highest BCUT2D eigenvalue weighted by atomic mass is 35.5. The largest absolute Gasteiger partial charge is 0.493 e. The van der Waals surface area contributed by atoms with Crippen LogP contribution < -0.4 is 10.1 Å². The number of nitrogens with zero attached hydrogens (tertiary/aromatic N) is 2. The van der Waals surface area contributed by atoms with Crippen molar-refractivity contribution in [2.75, 3.05) is 14.2 Å². The molecular weight excluding hydrogens is 269 g/mol. The Morgan fingerprint density at radius 3 is 2.79 bits per heavy atom. The van der Waals surface area contributed by atoms with Crippen LogP contribution in [0.4, 0.5) is 4.39 Å². The summed E-state index contributed by atoms with van der Waals surface area (Å²) in [5.74, 6) is 0.206. The average molecular weight is 284 g/mol. The van der Waals surface area contributed by atoms with Crippen LogP contribution in [0.1, 0.15) is 17.3 Å². The topological polar surface area (TPSA) is 39.1 Å². The van der Waals surface area contributed by atoms with E-state index in [0.717, 1.165) is 11.3 Å². The van der Waals surface area contributed by atoms with Gasteiger partial charge in [-0.1, -0.05) is 17.7 Å². The number of rotatable bonds is 4. The lowest BCUT2D eigenvalue weighted by Gasteiger charge is -2.18. The van der Waals surface area contributed by atoms with Crippen molar-refractivity contribution in [3.8, 4) is 5.75 Å². The first-order valence-corrected chi connectivity index (χ1v) is 6.14. The van der Waals surface area contributed by atoms with E-state index in [4.69, 9.17) is 16.3 Å². The van der Waals surface area contributed by atoms with Gasteiger partial charge >= 0.3 is 0 Å². The van der Waals surface area contributed by atoms with Crippen molar-refractivity contribution >= 4 is 11.6 Å². The highest BCUT2D eigenvalue weighted by molar-refractivity contribution is 6.30. The van der Waals surface area contributed by atoms with Gasteiger partial charge in [0.25, 0.3) is 0 Å². The molecule has 0 aliphatic heterocycles. The molecular formula is C13H15ClFN3O. The second-order valence-electron chi connectivity index (χ2n) is 4.12. The van der Waals surface area contributed by atoms with Crippen molar-refractivity contribution < 1.29 is 9.13 Å². The van der Waals surface area contributed by atoms with E-state index in [1.807, 2.05) is 7.05 Å². The molecule has 1 aromatic heterocycles. The van der Waals surface area contributed by atoms with Crippen LogP contribution in [-0.4, -0.2) is 23.9 Å². The minimum Gasteiger partial charge on any atom is -0.493 e. The van der Waals surface area contributed by atoms with Gasteiger partial charge in [-0.3, -0.25) is 4.68 Å². The van der Waals surface area contributed by atoms with E-state index < -0.39 is 5.82 Å². The number of hydrogen-bond donors (Lipinski definition) is 1. The lowest BCUT2D eigenvalue weighted by atomic mass is 10.0. The molecule has 0 saturated heterocycles. The molecule has 0 bridgehead atoms. The van der Waals surface area contributed by atoms with Gasteiger partial charge in [-0.2, -0.15) is 5.10 Å². The predicted octanol–water partition coefficient (Wildman–Crippen LogP) is 2.53. The van der Waals surface area contributed by atoms with Gasteiger partial charge in [-0.15, -0.1) is 0 Å². The summed E-state index contributed by atoms with van der Waals surface area (Å²) in [6.45, 7) is 0. The van der Waals surface area contributed by atoms with Crippen molar-refractivity contribution in [2.45, 2.75) is 6.04 Å². The highest BCUT2D eigenvalue weighted by Gasteiger charge is 2.21. The normalized spacial score (nSPS) is 12.5. The van der Waals surface area contributed by atoms with Gasteiger partial charge in [-0.05, 0) is 24.7 Å². The molecule has 0 saturated carbocycles. The summed E-state index contributed by atoms with van der Waals surface area (Å²) >= 11 is 5.71. The molecule has 1 N–H and O–H groups in total. The van der Waals surface area contributed by atoms with Gasteiger partial charge < -0.3 is 10.1 Å². The summed E-state index contributed by atoms with van der Waals surface area (Å²) in [6, 6.07) is 4.50. The van der Waals surface area contributed by atoms with Crippen LogP contribution in [0.2, 0.25) is 5.02 Å². The molecule has 6 heteroatoms. The summed E-state index contributed by atoms with van der Waals surface area (Å²) in [7, 11) is 5.19. The summed E-state index contributed by atoms with van der Waals surface area (Å²) in [5, 5.41) is 7.39. The number of nitrogens with one attached hydrogen (secondary N) is 1. The first-order valence-electron chi connectivity index (χ1n) is 5.76. The second kappa shape index (κ2) is 5.59. The van der Waals surface area contributed by atoms with Crippen LogP contribution in [0.5, 0.6) is 5.75 Å². The fourth-order valence-electron chi connectivity index (χ4n) is 2.07. The molecule has 0 spiro atoms. The van der Waals surface area contributed by atoms with Gasteiger partial charge in [-0.25, -0.2) is 4.39 Å². The third-order valence-electron chi connectivity index (χ3n) is 3.01. The first-order chi connectivity index (χ1) is 9.08. The number of hydrogen-bond acceptors (Lipinski definition) is 3. The second-order valence-corrected chi connectivity index (χ2v) is 4.52. The van der Waals surface area contributed by atoms with Crippen LogP contribution in [-0.2, 0) is 7.05 Å². The average Bonchev–Trinajstić information content (AvgIpc) is 2.76. The summed E-state index contributed by atoms with van der Waals surface area (Å²) in [5.41, 5.74) is 1.58. The first kappa shape index (κ1) is 13.8. The van der Waals surface area contributed by atoms with Crippen molar-refractivity contribution in [1.82, 2.24) is 15.1 Å². The van der Waals surface area contributed by atoms with Crippen molar-refractivity contribution in [1.29, 1.82) is 0 Å². The molecule has 0 fully saturated rings. The number of halogens is 2. The van der Waals surface area contributed by atoms with E-state index in [9.17, 15) is 4.39 Å². The van der Waals surface area contributed by atoms with Gasteiger partial charge in [0.1, 0.15) is 11.5 Å². The molecule has 19 heavy (non-hydrogen) atoms. The third kappa shape index (κ3) is 2.57. The Labute approximate surface area is 116 Å². The van der Waals surface area contributed by atoms with E-state index in [2.05, 4.69) is 10.4 Å². The van der Waals surface area contributed by atoms with Gasteiger partial charge in [0.2, 0.25) is 0 Å². The smallest absolute Gasteiger partial charge is 0.161 e. The Morgan fingerprint density at radius 1 is 1.47 bits per heavy atom. The maximum atomic E-state index is 13.6. The predicted molar refractivity (Wildman–Crippen MR) is 72.1 cm³/mol. The molecule has 0 radical (unpaired) electrons. The monoisotopic (exact) mass is 283 g/mol. The summed E-state index contributed by atoms with van der Waals surface area (Å²) in [4.78, 5) is 0. The van der Waals surface area contributed by atoms with Gasteiger partial charge in [0.15, 0.2) is 5.75 Å². The van der Waals surface area contributed by atoms with E-state index in [-0.39, 0.29) is 11.1 Å². The SMILES string of the molecule is CNC(c1ccc(Cl)c(F)c1)c1c(OC)cnn1C. The maximum Gasteiger partial charge on any atom is 0.161 e. The zero-order valence-electron chi connectivity index (χ0n) is 10.9. The Kier molecular flexibility index (Phi) is 4.07. The molecule has 2 rings (SSSR count). The van der Waals surface area contributed by atoms with Crippen molar-refractivity contribution in [2.24, 2.45) is 7.05 Å². The Hall–Kier alpha value is -1.59. The highest BCUT2D eigenvalue weighted by Crippen LogP contribution is 2.30. The van der Waals surface area contributed by atoms with Crippen LogP contribution in [0.3, 0.4) is 0 Å². The standard InChI is InChI=1S/C13H15ClFN3O/c1-16-12(8-4-5-9(14)10(15)6-8)13-11(19-3)7-17-18(13)2/h4-7,12,16H,1-3H3. The van der Waals surface area contributed by atoms with E-state index in [1.165, 1.54) is 6.07 Å². The Morgan fingerprint density at radius 2 is 2.21 bits per heavy atom. The number of methoxy groups -OCH3 is 1. The maximum absolute atomic E-state index is 13.6. The molecule has 102 valence electrons. The molecule has 1 atom stereocenters. The van der Waals surface area contributed by atoms with Crippen LogP contribution in [0.25, 0.3) is 0 Å². The lowest BCUT2D eigenvalue weighted by molar-refractivity contribution is 0.402. The molecule has 1 unspecified atom stereocenters. The zero-order valence-corrected chi connectivity index (χ0v) is 11.7. The zero-order chi connectivity index (χ0) is 14.0. The Bertz CT molecular complexity index is 585.